The highest BCUT2D eigenvalue weighted by Gasteiger charge is 1.96. The van der Waals surface area contributed by atoms with Crippen LogP contribution in [0.25, 0.3) is 0 Å². The van der Waals surface area contributed by atoms with E-state index in [1.807, 2.05) is 24.3 Å². The van der Waals surface area contributed by atoms with Gasteiger partial charge in [-0.2, -0.15) is 0 Å². The van der Waals surface area contributed by atoms with Crippen LogP contribution in [0.15, 0.2) is 24.3 Å². The molecule has 0 aliphatic carbocycles. The van der Waals surface area contributed by atoms with Gasteiger partial charge < -0.3 is 24.7 Å². The Balaban J connectivity index is 1.94. The van der Waals surface area contributed by atoms with E-state index in [0.717, 1.165) is 17.7 Å². The standard InChI is InChI=1S/C15H25NO4/c1-17-8-9-19-11-10-18-6-3-7-20-15-5-2-4-14(12-15)13-16/h2,4-5,12H,3,6-11,13,16H2,1H3. The van der Waals surface area contributed by atoms with Gasteiger partial charge in [0.2, 0.25) is 0 Å². The first-order chi connectivity index (χ1) is 9.86. The summed E-state index contributed by atoms with van der Waals surface area (Å²) in [6.07, 6.45) is 0.852. The molecule has 20 heavy (non-hydrogen) atoms. The van der Waals surface area contributed by atoms with Crippen molar-refractivity contribution in [2.24, 2.45) is 5.73 Å². The topological polar surface area (TPSA) is 62.9 Å². The van der Waals surface area contributed by atoms with Crippen LogP contribution in [0.1, 0.15) is 12.0 Å². The number of nitrogens with two attached hydrogens (primary N) is 1. The Morgan fingerprint density at radius 3 is 2.45 bits per heavy atom. The fourth-order valence-electron chi connectivity index (χ4n) is 1.58. The average Bonchev–Trinajstić information content (AvgIpc) is 2.49. The van der Waals surface area contributed by atoms with Gasteiger partial charge in [0.25, 0.3) is 0 Å². The van der Waals surface area contributed by atoms with Crippen molar-refractivity contribution in [2.75, 3.05) is 46.8 Å². The largest absolute Gasteiger partial charge is 0.493 e. The maximum absolute atomic E-state index is 5.62. The third-order valence-electron chi connectivity index (χ3n) is 2.64. The quantitative estimate of drug-likeness (QED) is 0.590. The molecular weight excluding hydrogens is 258 g/mol. The van der Waals surface area contributed by atoms with Gasteiger partial charge in [-0.05, 0) is 17.7 Å². The number of methoxy groups -OCH3 is 1. The van der Waals surface area contributed by atoms with Gasteiger partial charge in [0, 0.05) is 26.7 Å². The van der Waals surface area contributed by atoms with Crippen LogP contribution >= 0.6 is 0 Å². The molecule has 1 aromatic carbocycles. The highest BCUT2D eigenvalue weighted by molar-refractivity contribution is 5.28. The van der Waals surface area contributed by atoms with Gasteiger partial charge in [0.05, 0.1) is 33.0 Å². The molecule has 1 aromatic rings. The zero-order valence-electron chi connectivity index (χ0n) is 12.2. The van der Waals surface area contributed by atoms with Crippen LogP contribution in [0.4, 0.5) is 0 Å². The van der Waals surface area contributed by atoms with E-state index in [1.165, 1.54) is 0 Å². The van der Waals surface area contributed by atoms with Crippen molar-refractivity contribution in [3.05, 3.63) is 29.8 Å². The summed E-state index contributed by atoms with van der Waals surface area (Å²) in [7, 11) is 1.66. The normalized spacial score (nSPS) is 10.7. The molecule has 5 heteroatoms. The Morgan fingerprint density at radius 1 is 0.950 bits per heavy atom. The van der Waals surface area contributed by atoms with Gasteiger partial charge in [0.1, 0.15) is 5.75 Å². The molecule has 0 bridgehead atoms. The number of rotatable bonds is 12. The Labute approximate surface area is 121 Å². The molecule has 5 nitrogen and oxygen atoms in total. The predicted molar refractivity (Wildman–Crippen MR) is 78.0 cm³/mol. The van der Waals surface area contributed by atoms with Gasteiger partial charge in [-0.15, -0.1) is 0 Å². The van der Waals surface area contributed by atoms with E-state index in [9.17, 15) is 0 Å². The van der Waals surface area contributed by atoms with Crippen LogP contribution in [0, 0.1) is 0 Å². The van der Waals surface area contributed by atoms with Crippen LogP contribution in [0.3, 0.4) is 0 Å². The molecule has 0 amide bonds. The summed E-state index contributed by atoms with van der Waals surface area (Å²) in [6.45, 7) is 4.28. The monoisotopic (exact) mass is 283 g/mol. The lowest BCUT2D eigenvalue weighted by atomic mass is 10.2. The fourth-order valence-corrected chi connectivity index (χ4v) is 1.58. The smallest absolute Gasteiger partial charge is 0.119 e. The van der Waals surface area contributed by atoms with E-state index >= 15 is 0 Å². The maximum Gasteiger partial charge on any atom is 0.119 e. The molecule has 0 saturated carbocycles. The molecule has 114 valence electrons. The maximum atomic E-state index is 5.62. The molecule has 0 aliphatic rings. The summed E-state index contributed by atoms with van der Waals surface area (Å²) in [5.74, 6) is 0.857. The number of hydrogen-bond acceptors (Lipinski definition) is 5. The molecule has 0 saturated heterocycles. The SMILES string of the molecule is COCCOCCOCCCOc1cccc(CN)c1. The van der Waals surface area contributed by atoms with Gasteiger partial charge in [0.15, 0.2) is 0 Å². The minimum atomic E-state index is 0.531. The summed E-state index contributed by atoms with van der Waals surface area (Å²) in [4.78, 5) is 0. The number of ether oxygens (including phenoxy) is 4. The predicted octanol–water partition coefficient (Wildman–Crippen LogP) is 1.59. The molecule has 0 fully saturated rings. The minimum Gasteiger partial charge on any atom is -0.493 e. The second-order valence-electron chi connectivity index (χ2n) is 4.27. The Hall–Kier alpha value is -1.14. The van der Waals surface area contributed by atoms with Crippen LogP contribution in [-0.2, 0) is 20.8 Å². The lowest BCUT2D eigenvalue weighted by Gasteiger charge is -2.08. The van der Waals surface area contributed by atoms with E-state index in [1.54, 1.807) is 7.11 Å². The summed E-state index contributed by atoms with van der Waals surface area (Å²) >= 11 is 0. The molecule has 0 aromatic heterocycles. The van der Waals surface area contributed by atoms with Gasteiger partial charge in [-0.1, -0.05) is 12.1 Å². The highest BCUT2D eigenvalue weighted by Crippen LogP contribution is 2.12. The molecule has 0 atom stereocenters. The lowest BCUT2D eigenvalue weighted by molar-refractivity contribution is 0.0224. The first-order valence-corrected chi connectivity index (χ1v) is 6.93. The second kappa shape index (κ2) is 11.7. The van der Waals surface area contributed by atoms with Crippen molar-refractivity contribution < 1.29 is 18.9 Å². The zero-order chi connectivity index (χ0) is 14.5. The molecule has 2 N–H and O–H groups in total. The molecule has 0 heterocycles. The summed E-state index contributed by atoms with van der Waals surface area (Å²) in [6, 6.07) is 7.83. The van der Waals surface area contributed by atoms with Gasteiger partial charge in [-0.25, -0.2) is 0 Å². The first kappa shape index (κ1) is 16.9. The van der Waals surface area contributed by atoms with Crippen LogP contribution in [-0.4, -0.2) is 46.8 Å². The third-order valence-corrected chi connectivity index (χ3v) is 2.64. The zero-order valence-corrected chi connectivity index (χ0v) is 12.2. The highest BCUT2D eigenvalue weighted by atomic mass is 16.5. The van der Waals surface area contributed by atoms with E-state index in [2.05, 4.69) is 0 Å². The van der Waals surface area contributed by atoms with E-state index in [0.29, 0.717) is 46.2 Å². The molecule has 0 unspecified atom stereocenters. The Kier molecular flexibility index (Phi) is 9.87. The third kappa shape index (κ3) is 8.12. The first-order valence-electron chi connectivity index (χ1n) is 6.93. The Bertz CT molecular complexity index is 346. The van der Waals surface area contributed by atoms with Gasteiger partial charge >= 0.3 is 0 Å². The molecular formula is C15H25NO4. The van der Waals surface area contributed by atoms with Crippen LogP contribution < -0.4 is 10.5 Å². The van der Waals surface area contributed by atoms with Gasteiger partial charge in [-0.3, -0.25) is 0 Å². The van der Waals surface area contributed by atoms with Crippen molar-refractivity contribution >= 4 is 0 Å². The summed E-state index contributed by atoms with van der Waals surface area (Å²) in [5.41, 5.74) is 6.65. The van der Waals surface area contributed by atoms with Crippen LogP contribution in [0.2, 0.25) is 0 Å². The lowest BCUT2D eigenvalue weighted by Crippen LogP contribution is -2.10. The molecule has 0 radical (unpaired) electrons. The fraction of sp³-hybridized carbons (Fsp3) is 0.600. The summed E-state index contributed by atoms with van der Waals surface area (Å²) in [5, 5.41) is 0. The van der Waals surface area contributed by atoms with Crippen molar-refractivity contribution in [2.45, 2.75) is 13.0 Å². The van der Waals surface area contributed by atoms with Crippen molar-refractivity contribution in [3.8, 4) is 5.75 Å². The van der Waals surface area contributed by atoms with E-state index < -0.39 is 0 Å². The molecule has 0 aliphatic heterocycles. The number of benzene rings is 1. The van der Waals surface area contributed by atoms with E-state index in [4.69, 9.17) is 24.7 Å². The van der Waals surface area contributed by atoms with Crippen LogP contribution in [0.5, 0.6) is 5.75 Å². The second-order valence-corrected chi connectivity index (χ2v) is 4.27. The summed E-state index contributed by atoms with van der Waals surface area (Å²) < 4.78 is 21.2. The Morgan fingerprint density at radius 2 is 1.70 bits per heavy atom. The average molecular weight is 283 g/mol. The minimum absolute atomic E-state index is 0.531. The van der Waals surface area contributed by atoms with E-state index in [-0.39, 0.29) is 0 Å². The molecule has 0 spiro atoms. The molecule has 1 rings (SSSR count). The van der Waals surface area contributed by atoms with Crippen molar-refractivity contribution in [1.82, 2.24) is 0 Å². The number of hydrogen-bond donors (Lipinski definition) is 1. The van der Waals surface area contributed by atoms with Crippen molar-refractivity contribution in [3.63, 3.8) is 0 Å². The van der Waals surface area contributed by atoms with Crippen molar-refractivity contribution in [1.29, 1.82) is 0 Å².